The third-order valence-electron chi connectivity index (χ3n) is 5.48. The van der Waals surface area contributed by atoms with Gasteiger partial charge < -0.3 is 5.32 Å². The zero-order valence-corrected chi connectivity index (χ0v) is 18.8. The van der Waals surface area contributed by atoms with Crippen molar-refractivity contribution < 1.29 is 17.6 Å². The van der Waals surface area contributed by atoms with Crippen LogP contribution in [-0.2, 0) is 16.6 Å². The molecule has 1 aliphatic rings. The number of rotatable bonds is 6. The summed E-state index contributed by atoms with van der Waals surface area (Å²) in [7, 11) is -3.57. The second-order valence-corrected chi connectivity index (χ2v) is 9.63. The third kappa shape index (κ3) is 5.15. The van der Waals surface area contributed by atoms with Crippen LogP contribution in [0.3, 0.4) is 0 Å². The van der Waals surface area contributed by atoms with Crippen LogP contribution in [0.5, 0.6) is 0 Å². The van der Waals surface area contributed by atoms with Crippen molar-refractivity contribution in [1.29, 1.82) is 0 Å². The summed E-state index contributed by atoms with van der Waals surface area (Å²) in [5, 5.41) is 10.9. The highest BCUT2D eigenvalue weighted by molar-refractivity contribution is 7.89. The van der Waals surface area contributed by atoms with Crippen molar-refractivity contribution in [2.24, 2.45) is 0 Å². The van der Waals surface area contributed by atoms with Crippen LogP contribution in [0.15, 0.2) is 71.6 Å². The Morgan fingerprint density at radius 2 is 1.82 bits per heavy atom. The SMILES string of the molecule is Cc1ccccc1S(=O)(=O)N1CC=C(c2ccc(C(=O)NCc3ccc(F)cc3)nn2)CC1. The van der Waals surface area contributed by atoms with Gasteiger partial charge in [-0.1, -0.05) is 36.4 Å². The van der Waals surface area contributed by atoms with Crippen LogP contribution in [0.2, 0.25) is 0 Å². The number of carbonyl (C=O) groups is 1. The van der Waals surface area contributed by atoms with Crippen molar-refractivity contribution in [3.05, 3.63) is 95.1 Å². The van der Waals surface area contributed by atoms with Gasteiger partial charge in [-0.2, -0.15) is 9.40 Å². The number of carbonyl (C=O) groups excluding carboxylic acids is 1. The van der Waals surface area contributed by atoms with E-state index in [1.165, 1.54) is 16.4 Å². The minimum atomic E-state index is -3.57. The highest BCUT2D eigenvalue weighted by Gasteiger charge is 2.27. The molecule has 0 aliphatic carbocycles. The van der Waals surface area contributed by atoms with Crippen LogP contribution in [0.25, 0.3) is 5.57 Å². The van der Waals surface area contributed by atoms with E-state index in [-0.39, 0.29) is 30.5 Å². The smallest absolute Gasteiger partial charge is 0.272 e. The number of halogens is 1. The van der Waals surface area contributed by atoms with Gasteiger partial charge in [-0.15, -0.1) is 5.10 Å². The minimum Gasteiger partial charge on any atom is -0.347 e. The lowest BCUT2D eigenvalue weighted by atomic mass is 10.1. The molecule has 9 heteroatoms. The number of benzene rings is 2. The Morgan fingerprint density at radius 1 is 1.06 bits per heavy atom. The molecule has 0 bridgehead atoms. The summed E-state index contributed by atoms with van der Waals surface area (Å²) in [5.74, 6) is -0.717. The highest BCUT2D eigenvalue weighted by atomic mass is 32.2. The van der Waals surface area contributed by atoms with Gasteiger partial charge in [0.25, 0.3) is 5.91 Å². The number of nitrogens with one attached hydrogen (secondary N) is 1. The fourth-order valence-corrected chi connectivity index (χ4v) is 5.19. The molecule has 0 unspecified atom stereocenters. The summed E-state index contributed by atoms with van der Waals surface area (Å²) in [6.45, 7) is 2.61. The standard InChI is InChI=1S/C24H23FN4O3S/c1-17-4-2-3-5-23(17)33(31,32)29-14-12-19(13-15-29)21-10-11-22(28-27-21)24(30)26-16-18-6-8-20(25)9-7-18/h2-12H,13-16H2,1H3,(H,26,30). The normalized spacial score (nSPS) is 14.5. The zero-order chi connectivity index (χ0) is 23.4. The molecule has 2 heterocycles. The van der Waals surface area contributed by atoms with Gasteiger partial charge in [0, 0.05) is 19.6 Å². The zero-order valence-electron chi connectivity index (χ0n) is 18.0. The molecule has 0 saturated carbocycles. The fraction of sp³-hybridized carbons (Fsp3) is 0.208. The van der Waals surface area contributed by atoms with Crippen molar-refractivity contribution in [2.45, 2.75) is 24.8 Å². The second-order valence-electron chi connectivity index (χ2n) is 7.72. The molecule has 0 atom stereocenters. The van der Waals surface area contributed by atoms with Crippen molar-refractivity contribution >= 4 is 21.5 Å². The van der Waals surface area contributed by atoms with Gasteiger partial charge in [0.15, 0.2) is 5.69 Å². The van der Waals surface area contributed by atoms with E-state index in [4.69, 9.17) is 0 Å². The van der Waals surface area contributed by atoms with E-state index in [1.807, 2.05) is 12.1 Å². The predicted octanol–water partition coefficient (Wildman–Crippen LogP) is 3.33. The maximum Gasteiger partial charge on any atom is 0.272 e. The number of sulfonamides is 1. The number of aromatic nitrogens is 2. The van der Waals surface area contributed by atoms with E-state index in [1.54, 1.807) is 49.4 Å². The topological polar surface area (TPSA) is 92.3 Å². The number of hydrogen-bond donors (Lipinski definition) is 1. The van der Waals surface area contributed by atoms with Crippen LogP contribution < -0.4 is 5.32 Å². The van der Waals surface area contributed by atoms with Gasteiger partial charge >= 0.3 is 0 Å². The predicted molar refractivity (Wildman–Crippen MR) is 122 cm³/mol. The summed E-state index contributed by atoms with van der Waals surface area (Å²) in [6.07, 6.45) is 2.33. The quantitative estimate of drug-likeness (QED) is 0.602. The molecule has 7 nitrogen and oxygen atoms in total. The van der Waals surface area contributed by atoms with E-state index in [9.17, 15) is 17.6 Å². The Morgan fingerprint density at radius 3 is 2.45 bits per heavy atom. The van der Waals surface area contributed by atoms with Gasteiger partial charge in [-0.3, -0.25) is 4.79 Å². The summed E-state index contributed by atoms with van der Waals surface area (Å²) >= 11 is 0. The van der Waals surface area contributed by atoms with Gasteiger partial charge in [-0.25, -0.2) is 12.8 Å². The molecular weight excluding hydrogens is 443 g/mol. The molecule has 0 radical (unpaired) electrons. The van der Waals surface area contributed by atoms with Gasteiger partial charge in [-0.05, 0) is 60.4 Å². The second kappa shape index (κ2) is 9.60. The third-order valence-corrected chi connectivity index (χ3v) is 7.50. The Labute approximate surface area is 192 Å². The lowest BCUT2D eigenvalue weighted by Crippen LogP contribution is -2.35. The molecule has 1 aliphatic heterocycles. The summed E-state index contributed by atoms with van der Waals surface area (Å²) < 4.78 is 40.3. The average molecular weight is 467 g/mol. The Bertz CT molecular complexity index is 1290. The molecule has 3 aromatic rings. The molecule has 0 spiro atoms. The first-order valence-electron chi connectivity index (χ1n) is 10.5. The maximum atomic E-state index is 13.0. The van der Waals surface area contributed by atoms with Gasteiger partial charge in [0.05, 0.1) is 10.6 Å². The summed E-state index contributed by atoms with van der Waals surface area (Å²) in [4.78, 5) is 12.6. The number of hydrogen-bond acceptors (Lipinski definition) is 5. The van der Waals surface area contributed by atoms with Crippen LogP contribution in [0.4, 0.5) is 4.39 Å². The highest BCUT2D eigenvalue weighted by Crippen LogP contribution is 2.26. The molecule has 0 fully saturated rings. The Kier molecular flexibility index (Phi) is 6.62. The molecular formula is C24H23FN4O3S. The van der Waals surface area contributed by atoms with E-state index in [0.717, 1.165) is 11.1 Å². The number of aryl methyl sites for hydroxylation is 1. The van der Waals surface area contributed by atoms with Gasteiger partial charge in [0.2, 0.25) is 10.0 Å². The van der Waals surface area contributed by atoms with Gasteiger partial charge in [0.1, 0.15) is 5.82 Å². The van der Waals surface area contributed by atoms with Crippen LogP contribution >= 0.6 is 0 Å². The first kappa shape index (κ1) is 22.8. The first-order chi connectivity index (χ1) is 15.8. The molecule has 1 amide bonds. The van der Waals surface area contributed by atoms with E-state index < -0.39 is 10.0 Å². The minimum absolute atomic E-state index is 0.168. The monoisotopic (exact) mass is 466 g/mol. The summed E-state index contributed by atoms with van der Waals surface area (Å²) in [6, 6.07) is 16.1. The Balaban J connectivity index is 1.39. The molecule has 2 aromatic carbocycles. The molecule has 170 valence electrons. The van der Waals surface area contributed by atoms with E-state index in [0.29, 0.717) is 29.1 Å². The lowest BCUT2D eigenvalue weighted by Gasteiger charge is -2.26. The largest absolute Gasteiger partial charge is 0.347 e. The fourth-order valence-electron chi connectivity index (χ4n) is 3.59. The van der Waals surface area contributed by atoms with Crippen molar-refractivity contribution in [2.75, 3.05) is 13.1 Å². The van der Waals surface area contributed by atoms with Crippen LogP contribution in [0.1, 0.15) is 33.7 Å². The van der Waals surface area contributed by atoms with Crippen molar-refractivity contribution in [1.82, 2.24) is 19.8 Å². The average Bonchev–Trinajstić information content (AvgIpc) is 2.84. The van der Waals surface area contributed by atoms with Crippen molar-refractivity contribution in [3.63, 3.8) is 0 Å². The van der Waals surface area contributed by atoms with E-state index in [2.05, 4.69) is 15.5 Å². The first-order valence-corrected chi connectivity index (χ1v) is 11.9. The van der Waals surface area contributed by atoms with Crippen LogP contribution in [-0.4, -0.2) is 41.9 Å². The van der Waals surface area contributed by atoms with Crippen LogP contribution in [0, 0.1) is 12.7 Å². The number of nitrogens with zero attached hydrogens (tertiary/aromatic N) is 3. The molecule has 0 saturated heterocycles. The molecule has 4 rings (SSSR count). The van der Waals surface area contributed by atoms with Crippen molar-refractivity contribution in [3.8, 4) is 0 Å². The molecule has 1 aromatic heterocycles. The number of amides is 1. The summed E-state index contributed by atoms with van der Waals surface area (Å²) in [5.41, 5.74) is 3.15. The Hall–Kier alpha value is -3.43. The maximum absolute atomic E-state index is 13.0. The van der Waals surface area contributed by atoms with E-state index >= 15 is 0 Å². The molecule has 1 N–H and O–H groups in total. The molecule has 33 heavy (non-hydrogen) atoms. The lowest BCUT2D eigenvalue weighted by molar-refractivity contribution is 0.0945.